The van der Waals surface area contributed by atoms with Gasteiger partial charge >= 0.3 is 12.1 Å². The number of rotatable bonds is 6. The number of cyclic esters (lactones) is 1. The van der Waals surface area contributed by atoms with Gasteiger partial charge in [-0.05, 0) is 31.0 Å². The molecule has 1 aromatic carbocycles. The number of nitrogens with zero attached hydrogens (tertiary/aromatic N) is 1. The van der Waals surface area contributed by atoms with Gasteiger partial charge in [-0.1, -0.05) is 11.6 Å². The molecule has 1 aromatic rings. The van der Waals surface area contributed by atoms with Crippen molar-refractivity contribution in [3.8, 4) is 0 Å². The Bertz CT molecular complexity index is 867. The molecule has 2 aliphatic rings. The van der Waals surface area contributed by atoms with Crippen molar-refractivity contribution in [2.45, 2.75) is 23.8 Å². The third kappa shape index (κ3) is 4.14. The molecular weight excluding hydrogens is 388 g/mol. The number of amides is 2. The maximum Gasteiger partial charge on any atom is 0.416 e. The second-order valence-electron chi connectivity index (χ2n) is 5.78. The normalized spacial score (nSPS) is 17.1. The standard InChI is InChI=1S/C15H15ClN2O7S/c16-11-4-1-9(7-12(11)26(22,23)17-10-2-3-10)14(20)25-8-13(19)18-5-6-24-15(18)21/h1,4,7,10,17H,2-3,5-6,8H2. The van der Waals surface area contributed by atoms with E-state index in [9.17, 15) is 22.8 Å². The molecular formula is C15H15ClN2O7S. The Balaban J connectivity index is 1.68. The van der Waals surface area contributed by atoms with Gasteiger partial charge in [0.15, 0.2) is 6.61 Å². The van der Waals surface area contributed by atoms with Gasteiger partial charge in [0.25, 0.3) is 5.91 Å². The maximum atomic E-state index is 12.3. The third-order valence-electron chi connectivity index (χ3n) is 3.74. The number of hydrogen-bond donors (Lipinski definition) is 1. The van der Waals surface area contributed by atoms with E-state index >= 15 is 0 Å². The number of halogens is 1. The van der Waals surface area contributed by atoms with Crippen molar-refractivity contribution in [3.05, 3.63) is 28.8 Å². The van der Waals surface area contributed by atoms with Crippen LogP contribution in [0.4, 0.5) is 4.79 Å². The van der Waals surface area contributed by atoms with Crippen molar-refractivity contribution in [2.75, 3.05) is 19.8 Å². The van der Waals surface area contributed by atoms with Crippen molar-refractivity contribution in [1.82, 2.24) is 9.62 Å². The predicted octanol–water partition coefficient (Wildman–Crippen LogP) is 0.916. The average Bonchev–Trinajstić information content (AvgIpc) is 3.29. The Hall–Kier alpha value is -2.17. The van der Waals surface area contributed by atoms with Gasteiger partial charge in [0.1, 0.15) is 11.5 Å². The largest absolute Gasteiger partial charge is 0.452 e. The second-order valence-corrected chi connectivity index (χ2v) is 7.87. The van der Waals surface area contributed by atoms with Crippen molar-refractivity contribution in [1.29, 1.82) is 0 Å². The Morgan fingerprint density at radius 1 is 1.35 bits per heavy atom. The molecule has 0 bridgehead atoms. The monoisotopic (exact) mass is 402 g/mol. The van der Waals surface area contributed by atoms with Crippen LogP contribution in [0.2, 0.25) is 5.02 Å². The van der Waals surface area contributed by atoms with Crippen LogP contribution in [0, 0.1) is 0 Å². The molecule has 1 heterocycles. The molecule has 9 nitrogen and oxygen atoms in total. The van der Waals surface area contributed by atoms with Gasteiger partial charge in [-0.3, -0.25) is 4.79 Å². The van der Waals surface area contributed by atoms with Gasteiger partial charge in [0.2, 0.25) is 10.0 Å². The van der Waals surface area contributed by atoms with E-state index in [0.29, 0.717) is 0 Å². The number of esters is 1. The molecule has 1 saturated carbocycles. The van der Waals surface area contributed by atoms with E-state index in [1.165, 1.54) is 12.1 Å². The van der Waals surface area contributed by atoms with Crippen LogP contribution in [0.15, 0.2) is 23.1 Å². The molecule has 11 heteroatoms. The van der Waals surface area contributed by atoms with Crippen LogP contribution in [0.3, 0.4) is 0 Å². The predicted molar refractivity (Wildman–Crippen MR) is 88.1 cm³/mol. The SMILES string of the molecule is O=C(OCC(=O)N1CCOC1=O)c1ccc(Cl)c(S(=O)(=O)NC2CC2)c1. The smallest absolute Gasteiger partial charge is 0.416 e. The Morgan fingerprint density at radius 3 is 2.69 bits per heavy atom. The number of sulfonamides is 1. The molecule has 2 fully saturated rings. The third-order valence-corrected chi connectivity index (χ3v) is 5.75. The maximum absolute atomic E-state index is 12.3. The van der Waals surface area contributed by atoms with Gasteiger partial charge in [-0.2, -0.15) is 0 Å². The molecule has 0 unspecified atom stereocenters. The summed E-state index contributed by atoms with van der Waals surface area (Å²) in [7, 11) is -3.86. The lowest BCUT2D eigenvalue weighted by atomic mass is 10.2. The first-order valence-electron chi connectivity index (χ1n) is 7.74. The van der Waals surface area contributed by atoms with Gasteiger partial charge in [0, 0.05) is 6.04 Å². The van der Waals surface area contributed by atoms with E-state index in [1.54, 1.807) is 0 Å². The lowest BCUT2D eigenvalue weighted by Crippen LogP contribution is -2.35. The molecule has 140 valence electrons. The summed E-state index contributed by atoms with van der Waals surface area (Å²) in [6, 6.07) is 3.52. The van der Waals surface area contributed by atoms with E-state index in [4.69, 9.17) is 16.3 Å². The zero-order chi connectivity index (χ0) is 18.9. The summed E-state index contributed by atoms with van der Waals surface area (Å²) >= 11 is 5.94. The fourth-order valence-electron chi connectivity index (χ4n) is 2.23. The molecule has 0 aromatic heterocycles. The molecule has 3 rings (SSSR count). The Labute approximate surface area is 154 Å². The fourth-order valence-corrected chi connectivity index (χ4v) is 4.06. The highest BCUT2D eigenvalue weighted by molar-refractivity contribution is 7.89. The van der Waals surface area contributed by atoms with Crippen LogP contribution < -0.4 is 4.72 Å². The highest BCUT2D eigenvalue weighted by atomic mass is 35.5. The first-order valence-corrected chi connectivity index (χ1v) is 9.60. The average molecular weight is 403 g/mol. The van der Waals surface area contributed by atoms with Crippen LogP contribution in [0.1, 0.15) is 23.2 Å². The summed E-state index contributed by atoms with van der Waals surface area (Å²) in [5, 5.41) is -0.0365. The molecule has 2 amide bonds. The molecule has 1 aliphatic heterocycles. The number of imide groups is 1. The van der Waals surface area contributed by atoms with Gasteiger partial charge in [0.05, 0.1) is 17.1 Å². The van der Waals surface area contributed by atoms with E-state index in [0.717, 1.165) is 23.8 Å². The number of carbonyl (C=O) groups is 3. The molecule has 0 atom stereocenters. The highest BCUT2D eigenvalue weighted by Gasteiger charge is 2.31. The van der Waals surface area contributed by atoms with Gasteiger partial charge < -0.3 is 9.47 Å². The molecule has 1 aliphatic carbocycles. The minimum absolute atomic E-state index is 0.0365. The van der Waals surface area contributed by atoms with Crippen LogP contribution in [0.25, 0.3) is 0 Å². The second kappa shape index (κ2) is 7.22. The van der Waals surface area contributed by atoms with Crippen LogP contribution in [0.5, 0.6) is 0 Å². The summed E-state index contributed by atoms with van der Waals surface area (Å²) < 4.78 is 36.5. The Kier molecular flexibility index (Phi) is 5.17. The number of carbonyl (C=O) groups excluding carboxylic acids is 3. The van der Waals surface area contributed by atoms with Gasteiger partial charge in [-0.25, -0.2) is 27.6 Å². The fraction of sp³-hybridized carbons (Fsp3) is 0.400. The first-order chi connectivity index (χ1) is 12.3. The number of benzene rings is 1. The zero-order valence-electron chi connectivity index (χ0n) is 13.4. The van der Waals surface area contributed by atoms with E-state index in [-0.39, 0.29) is 34.7 Å². The van der Waals surface area contributed by atoms with Crippen molar-refractivity contribution in [3.63, 3.8) is 0 Å². The van der Waals surface area contributed by atoms with E-state index < -0.39 is 34.6 Å². The molecule has 26 heavy (non-hydrogen) atoms. The number of ether oxygens (including phenoxy) is 2. The highest BCUT2D eigenvalue weighted by Crippen LogP contribution is 2.27. The van der Waals surface area contributed by atoms with E-state index in [2.05, 4.69) is 9.46 Å². The minimum Gasteiger partial charge on any atom is -0.452 e. The summed E-state index contributed by atoms with van der Waals surface area (Å²) in [5.74, 6) is -1.64. The Morgan fingerprint density at radius 2 is 2.08 bits per heavy atom. The van der Waals surface area contributed by atoms with Crippen molar-refractivity contribution >= 4 is 39.6 Å². The minimum atomic E-state index is -3.86. The summed E-state index contributed by atoms with van der Waals surface area (Å²) in [4.78, 5) is 35.8. The first kappa shape index (κ1) is 18.6. The van der Waals surface area contributed by atoms with Crippen molar-refractivity contribution < 1.29 is 32.3 Å². The zero-order valence-corrected chi connectivity index (χ0v) is 15.0. The topological polar surface area (TPSA) is 119 Å². The van der Waals surface area contributed by atoms with Crippen LogP contribution >= 0.6 is 11.6 Å². The van der Waals surface area contributed by atoms with Crippen molar-refractivity contribution in [2.24, 2.45) is 0 Å². The molecule has 0 spiro atoms. The summed E-state index contributed by atoms with van der Waals surface area (Å²) in [5.41, 5.74) is -0.0811. The molecule has 0 radical (unpaired) electrons. The lowest BCUT2D eigenvalue weighted by molar-refractivity contribution is -0.131. The molecule has 1 N–H and O–H groups in total. The van der Waals surface area contributed by atoms with E-state index in [1.807, 2.05) is 0 Å². The molecule has 1 saturated heterocycles. The number of hydrogen-bond acceptors (Lipinski definition) is 7. The lowest BCUT2D eigenvalue weighted by Gasteiger charge is -2.12. The quantitative estimate of drug-likeness (QED) is 0.702. The summed E-state index contributed by atoms with van der Waals surface area (Å²) in [6.45, 7) is -0.491. The number of nitrogens with one attached hydrogen (secondary N) is 1. The van der Waals surface area contributed by atoms with Crippen LogP contribution in [-0.2, 0) is 24.3 Å². The van der Waals surface area contributed by atoms with Gasteiger partial charge in [-0.15, -0.1) is 0 Å². The van der Waals surface area contributed by atoms with Crippen LogP contribution in [-0.4, -0.2) is 57.1 Å². The summed E-state index contributed by atoms with van der Waals surface area (Å²) in [6.07, 6.45) is 0.705.